The van der Waals surface area contributed by atoms with Crippen LogP contribution in [0.1, 0.15) is 48.7 Å². The SMILES string of the molecule is CC(C)c1c(C(=O)Nc2cc(F)c(N3CCCC3)c(F)c2)cnn1-c1ccccn1. The zero-order valence-corrected chi connectivity index (χ0v) is 16.9. The summed E-state index contributed by atoms with van der Waals surface area (Å²) < 4.78 is 30.8. The Morgan fingerprint density at radius 2 is 1.83 bits per heavy atom. The van der Waals surface area contributed by atoms with Crippen LogP contribution in [0.2, 0.25) is 0 Å². The largest absolute Gasteiger partial charge is 0.367 e. The first kappa shape index (κ1) is 20.0. The van der Waals surface area contributed by atoms with Gasteiger partial charge in [0, 0.05) is 25.0 Å². The van der Waals surface area contributed by atoms with Crippen LogP contribution in [0.25, 0.3) is 5.82 Å². The first-order chi connectivity index (χ1) is 14.5. The van der Waals surface area contributed by atoms with E-state index in [9.17, 15) is 13.6 Å². The number of rotatable bonds is 5. The minimum atomic E-state index is -0.680. The summed E-state index contributed by atoms with van der Waals surface area (Å²) in [5.41, 5.74) is 1.04. The van der Waals surface area contributed by atoms with Crippen molar-refractivity contribution in [3.8, 4) is 5.82 Å². The second-order valence-corrected chi connectivity index (χ2v) is 7.63. The minimum Gasteiger partial charge on any atom is -0.367 e. The number of nitrogens with zero attached hydrogens (tertiary/aromatic N) is 4. The van der Waals surface area contributed by atoms with Gasteiger partial charge in [-0.3, -0.25) is 4.79 Å². The molecule has 1 saturated heterocycles. The van der Waals surface area contributed by atoms with E-state index in [1.807, 2.05) is 19.9 Å². The summed E-state index contributed by atoms with van der Waals surface area (Å²) >= 11 is 0. The van der Waals surface area contributed by atoms with E-state index in [0.29, 0.717) is 30.2 Å². The van der Waals surface area contributed by atoms with Crippen molar-refractivity contribution < 1.29 is 13.6 Å². The third kappa shape index (κ3) is 3.77. The Kier molecular flexibility index (Phi) is 5.48. The summed E-state index contributed by atoms with van der Waals surface area (Å²) in [6.45, 7) is 5.14. The summed E-state index contributed by atoms with van der Waals surface area (Å²) in [6.07, 6.45) is 4.92. The molecule has 0 bridgehead atoms. The van der Waals surface area contributed by atoms with Crippen molar-refractivity contribution in [3.63, 3.8) is 0 Å². The summed E-state index contributed by atoms with van der Waals surface area (Å²) in [5.74, 6) is -1.27. The van der Waals surface area contributed by atoms with Gasteiger partial charge in [-0.1, -0.05) is 19.9 Å². The number of carbonyl (C=O) groups is 1. The van der Waals surface area contributed by atoms with Crippen molar-refractivity contribution in [2.45, 2.75) is 32.6 Å². The van der Waals surface area contributed by atoms with Crippen LogP contribution in [0, 0.1) is 11.6 Å². The van der Waals surface area contributed by atoms with Crippen LogP contribution >= 0.6 is 0 Å². The molecule has 0 spiro atoms. The quantitative estimate of drug-likeness (QED) is 0.671. The van der Waals surface area contributed by atoms with Crippen molar-refractivity contribution in [1.82, 2.24) is 14.8 Å². The topological polar surface area (TPSA) is 63.1 Å². The highest BCUT2D eigenvalue weighted by molar-refractivity contribution is 6.05. The molecule has 0 atom stereocenters. The third-order valence-electron chi connectivity index (χ3n) is 5.16. The molecule has 2 aromatic heterocycles. The number of halogens is 2. The Labute approximate surface area is 173 Å². The van der Waals surface area contributed by atoms with Crippen LogP contribution in [-0.2, 0) is 0 Å². The van der Waals surface area contributed by atoms with Crippen molar-refractivity contribution in [2.24, 2.45) is 0 Å². The fourth-order valence-electron chi connectivity index (χ4n) is 3.83. The number of aromatic nitrogens is 3. The maximum atomic E-state index is 14.6. The summed E-state index contributed by atoms with van der Waals surface area (Å²) in [6, 6.07) is 7.74. The molecule has 4 rings (SSSR count). The molecule has 0 saturated carbocycles. The number of pyridine rings is 1. The molecule has 156 valence electrons. The molecule has 6 nitrogen and oxygen atoms in total. The zero-order valence-electron chi connectivity index (χ0n) is 16.9. The summed E-state index contributed by atoms with van der Waals surface area (Å²) in [5, 5.41) is 6.92. The molecule has 1 fully saturated rings. The van der Waals surface area contributed by atoms with Crippen molar-refractivity contribution in [1.29, 1.82) is 0 Å². The number of benzene rings is 1. The van der Waals surface area contributed by atoms with Gasteiger partial charge in [-0.15, -0.1) is 0 Å². The standard InChI is InChI=1S/C22H23F2N5O/c1-14(2)20-16(13-26-29(20)19-7-3-4-8-25-19)22(30)27-15-11-17(23)21(18(24)12-15)28-9-5-6-10-28/h3-4,7-8,11-14H,5-6,9-10H2,1-2H3,(H,27,30). The zero-order chi connectivity index (χ0) is 21.3. The van der Waals surface area contributed by atoms with E-state index in [0.717, 1.165) is 25.0 Å². The molecule has 30 heavy (non-hydrogen) atoms. The van der Waals surface area contributed by atoms with Gasteiger partial charge >= 0.3 is 0 Å². The maximum Gasteiger partial charge on any atom is 0.259 e. The fourth-order valence-corrected chi connectivity index (χ4v) is 3.83. The molecule has 1 aliphatic heterocycles. The average molecular weight is 411 g/mol. The number of carbonyl (C=O) groups excluding carboxylic acids is 1. The van der Waals surface area contributed by atoms with Gasteiger partial charge in [0.1, 0.15) is 5.69 Å². The molecule has 0 aliphatic carbocycles. The monoisotopic (exact) mass is 411 g/mol. The Balaban J connectivity index is 1.62. The highest BCUT2D eigenvalue weighted by atomic mass is 19.1. The van der Waals surface area contributed by atoms with E-state index in [4.69, 9.17) is 0 Å². The average Bonchev–Trinajstić information content (AvgIpc) is 3.38. The predicted molar refractivity (Wildman–Crippen MR) is 111 cm³/mol. The Morgan fingerprint density at radius 1 is 1.13 bits per heavy atom. The highest BCUT2D eigenvalue weighted by Gasteiger charge is 2.24. The normalized spacial score (nSPS) is 13.8. The van der Waals surface area contributed by atoms with Gasteiger partial charge in [-0.2, -0.15) is 5.10 Å². The maximum absolute atomic E-state index is 14.6. The van der Waals surface area contributed by atoms with E-state index >= 15 is 0 Å². The number of anilines is 2. The van der Waals surface area contributed by atoms with Crippen molar-refractivity contribution in [2.75, 3.05) is 23.3 Å². The minimum absolute atomic E-state index is 0.0266. The lowest BCUT2D eigenvalue weighted by Crippen LogP contribution is -2.21. The Bertz CT molecular complexity index is 1040. The number of hydrogen-bond acceptors (Lipinski definition) is 4. The van der Waals surface area contributed by atoms with Crippen LogP contribution in [0.4, 0.5) is 20.2 Å². The Hall–Kier alpha value is -3.29. The second-order valence-electron chi connectivity index (χ2n) is 7.63. The van der Waals surface area contributed by atoms with Crippen LogP contribution in [0.15, 0.2) is 42.7 Å². The first-order valence-electron chi connectivity index (χ1n) is 10.0. The van der Waals surface area contributed by atoms with Gasteiger partial charge < -0.3 is 10.2 Å². The second kappa shape index (κ2) is 8.22. The molecular weight excluding hydrogens is 388 g/mol. The van der Waals surface area contributed by atoms with Gasteiger partial charge in [-0.05, 0) is 43.0 Å². The van der Waals surface area contributed by atoms with E-state index in [1.54, 1.807) is 27.9 Å². The molecule has 1 aliphatic rings. The number of amides is 1. The molecule has 0 unspecified atom stereocenters. The van der Waals surface area contributed by atoms with Crippen LogP contribution in [0.3, 0.4) is 0 Å². The molecule has 1 N–H and O–H groups in total. The van der Waals surface area contributed by atoms with E-state index < -0.39 is 17.5 Å². The lowest BCUT2D eigenvalue weighted by molar-refractivity contribution is 0.102. The predicted octanol–water partition coefficient (Wildman–Crippen LogP) is 4.52. The van der Waals surface area contributed by atoms with Gasteiger partial charge in [0.25, 0.3) is 5.91 Å². The molecule has 3 aromatic rings. The molecule has 1 aromatic carbocycles. The molecule has 3 heterocycles. The van der Waals surface area contributed by atoms with Gasteiger partial charge in [-0.25, -0.2) is 18.4 Å². The van der Waals surface area contributed by atoms with Crippen LogP contribution < -0.4 is 10.2 Å². The molecule has 1 amide bonds. The smallest absolute Gasteiger partial charge is 0.259 e. The van der Waals surface area contributed by atoms with Crippen molar-refractivity contribution >= 4 is 17.3 Å². The highest BCUT2D eigenvalue weighted by Crippen LogP contribution is 2.30. The van der Waals surface area contributed by atoms with Crippen LogP contribution in [-0.4, -0.2) is 33.8 Å². The van der Waals surface area contributed by atoms with Gasteiger partial charge in [0.15, 0.2) is 17.5 Å². The first-order valence-corrected chi connectivity index (χ1v) is 10.0. The number of nitrogens with one attached hydrogen (secondary N) is 1. The lowest BCUT2D eigenvalue weighted by atomic mass is 10.1. The lowest BCUT2D eigenvalue weighted by Gasteiger charge is -2.20. The van der Waals surface area contributed by atoms with Crippen LogP contribution in [0.5, 0.6) is 0 Å². The molecule has 0 radical (unpaired) electrons. The fraction of sp³-hybridized carbons (Fsp3) is 0.318. The molecule has 8 heteroatoms. The van der Waals surface area contributed by atoms with Gasteiger partial charge in [0.05, 0.1) is 17.5 Å². The summed E-state index contributed by atoms with van der Waals surface area (Å²) in [7, 11) is 0. The molecular formula is C22H23F2N5O. The number of hydrogen-bond donors (Lipinski definition) is 1. The van der Waals surface area contributed by atoms with Crippen molar-refractivity contribution in [3.05, 3.63) is 65.6 Å². The van der Waals surface area contributed by atoms with E-state index in [2.05, 4.69) is 15.4 Å². The van der Waals surface area contributed by atoms with E-state index in [1.165, 1.54) is 6.20 Å². The van der Waals surface area contributed by atoms with E-state index in [-0.39, 0.29) is 17.3 Å². The Morgan fingerprint density at radius 3 is 2.43 bits per heavy atom. The summed E-state index contributed by atoms with van der Waals surface area (Å²) in [4.78, 5) is 18.9. The van der Waals surface area contributed by atoms with Gasteiger partial charge in [0.2, 0.25) is 0 Å². The third-order valence-corrected chi connectivity index (χ3v) is 5.16.